The molecule has 0 amide bonds. The van der Waals surface area contributed by atoms with E-state index in [9.17, 15) is 5.26 Å². The van der Waals surface area contributed by atoms with E-state index >= 15 is 0 Å². The van der Waals surface area contributed by atoms with Gasteiger partial charge in [-0.25, -0.2) is 9.97 Å². The van der Waals surface area contributed by atoms with Crippen LogP contribution in [0.5, 0.6) is 0 Å². The molecule has 9 aromatic carbocycles. The van der Waals surface area contributed by atoms with Gasteiger partial charge in [-0.2, -0.15) is 5.26 Å². The summed E-state index contributed by atoms with van der Waals surface area (Å²) in [5, 5.41) is 14.2. The quantitative estimate of drug-likeness (QED) is 0.161. The monoisotopic (exact) mass is 815 g/mol. The summed E-state index contributed by atoms with van der Waals surface area (Å²) in [5.74, 6) is 0.675. The van der Waals surface area contributed by atoms with Gasteiger partial charge in [0.2, 0.25) is 0 Å². The zero-order valence-electron chi connectivity index (χ0n) is 34.6. The minimum Gasteiger partial charge on any atom is -0.309 e. The number of nitrogens with zero attached hydrogens (tertiary/aromatic N) is 5. The molecule has 3 heterocycles. The molecule has 0 aliphatic rings. The van der Waals surface area contributed by atoms with E-state index in [1.54, 1.807) is 0 Å². The zero-order chi connectivity index (χ0) is 42.6. The predicted octanol–water partition coefficient (Wildman–Crippen LogP) is 14.9. The Morgan fingerprint density at radius 1 is 0.328 bits per heavy atom. The van der Waals surface area contributed by atoms with Gasteiger partial charge in [0.1, 0.15) is 0 Å². The lowest BCUT2D eigenvalue weighted by Crippen LogP contribution is -2.02. The van der Waals surface area contributed by atoms with Crippen molar-refractivity contribution < 1.29 is 0 Å². The van der Waals surface area contributed by atoms with Crippen LogP contribution in [0.2, 0.25) is 0 Å². The topological polar surface area (TPSA) is 59.4 Å². The highest BCUT2D eigenvalue weighted by Gasteiger charge is 2.22. The van der Waals surface area contributed by atoms with Crippen LogP contribution >= 0.6 is 0 Å². The number of hydrogen-bond donors (Lipinski definition) is 0. The van der Waals surface area contributed by atoms with Gasteiger partial charge in [0.25, 0.3) is 0 Å². The summed E-state index contributed by atoms with van der Waals surface area (Å²) < 4.78 is 4.83. The van der Waals surface area contributed by atoms with E-state index in [0.29, 0.717) is 11.4 Å². The highest BCUT2D eigenvalue weighted by atomic mass is 15.0. The fourth-order valence-electron chi connectivity index (χ4n) is 9.40. The highest BCUT2D eigenvalue weighted by molar-refractivity contribution is 6.12. The number of benzene rings is 9. The third-order valence-electron chi connectivity index (χ3n) is 12.4. The first-order chi connectivity index (χ1) is 31.7. The summed E-state index contributed by atoms with van der Waals surface area (Å²) in [6.07, 6.45) is 0. The standard InChI is InChI=1S/C59H37N5/c60-38-39-27-29-40(30-28-39)43-31-33-57-49(35-43)47-21-9-14-26-56(47)64(57)58-34-32-44(52-37-51(41-15-3-1-4-16-41)61-59(62-52)42-17-5-2-6-18-42)36-50(58)48-22-10-13-25-55(48)63-53-23-11-7-19-45(53)46-20-8-12-24-54(46)63/h1-37H. The third-order valence-corrected chi connectivity index (χ3v) is 12.4. The van der Waals surface area contributed by atoms with Crippen LogP contribution in [0.4, 0.5) is 0 Å². The molecule has 0 saturated carbocycles. The molecule has 0 radical (unpaired) electrons. The highest BCUT2D eigenvalue weighted by Crippen LogP contribution is 2.43. The van der Waals surface area contributed by atoms with E-state index < -0.39 is 0 Å². The van der Waals surface area contributed by atoms with Crippen molar-refractivity contribution in [3.8, 4) is 73.6 Å². The zero-order valence-corrected chi connectivity index (χ0v) is 34.6. The lowest BCUT2D eigenvalue weighted by molar-refractivity contribution is 1.16. The average Bonchev–Trinajstić information content (AvgIpc) is 3.89. The molecular formula is C59H37N5. The average molecular weight is 816 g/mol. The number of rotatable bonds is 7. The second-order valence-electron chi connectivity index (χ2n) is 16.1. The fraction of sp³-hybridized carbons (Fsp3) is 0. The van der Waals surface area contributed by atoms with Crippen molar-refractivity contribution in [1.29, 1.82) is 5.26 Å². The molecule has 0 fully saturated rings. The van der Waals surface area contributed by atoms with Gasteiger partial charge in [-0.15, -0.1) is 0 Å². The van der Waals surface area contributed by atoms with Crippen LogP contribution in [0, 0.1) is 11.3 Å². The van der Waals surface area contributed by atoms with Crippen LogP contribution in [0.15, 0.2) is 224 Å². The van der Waals surface area contributed by atoms with Crippen molar-refractivity contribution in [1.82, 2.24) is 19.1 Å². The Bertz CT molecular complexity index is 3670. The summed E-state index contributed by atoms with van der Waals surface area (Å²) in [5.41, 5.74) is 16.3. The normalized spacial score (nSPS) is 11.4. The molecule has 0 bridgehead atoms. The maximum absolute atomic E-state index is 9.48. The van der Waals surface area contributed by atoms with Crippen molar-refractivity contribution in [2.75, 3.05) is 0 Å². The van der Waals surface area contributed by atoms with E-state index in [1.165, 1.54) is 10.8 Å². The van der Waals surface area contributed by atoms with E-state index in [4.69, 9.17) is 9.97 Å². The minimum atomic E-state index is 0.646. The number of hydrogen-bond acceptors (Lipinski definition) is 3. The third kappa shape index (κ3) is 6.16. The molecule has 0 saturated heterocycles. The second-order valence-corrected chi connectivity index (χ2v) is 16.1. The molecular weight excluding hydrogens is 779 g/mol. The Hall–Kier alpha value is -8.85. The van der Waals surface area contributed by atoms with Gasteiger partial charge >= 0.3 is 0 Å². The summed E-state index contributed by atoms with van der Waals surface area (Å²) in [7, 11) is 0. The SMILES string of the molecule is N#Cc1ccc(-c2ccc3c(c2)c2ccccc2n3-c2ccc(-c3cc(-c4ccccc4)nc(-c4ccccc4)n3)cc2-c2ccccc2-n2c3ccccc3c3ccccc32)cc1. The molecule has 64 heavy (non-hydrogen) atoms. The Morgan fingerprint density at radius 3 is 1.45 bits per heavy atom. The molecule has 0 N–H and O–H groups in total. The van der Waals surface area contributed by atoms with Crippen LogP contribution in [0.3, 0.4) is 0 Å². The van der Waals surface area contributed by atoms with Crippen molar-refractivity contribution in [3.63, 3.8) is 0 Å². The first-order valence-corrected chi connectivity index (χ1v) is 21.5. The molecule has 298 valence electrons. The number of aromatic nitrogens is 4. The molecule has 12 aromatic rings. The lowest BCUT2D eigenvalue weighted by atomic mass is 9.96. The van der Waals surface area contributed by atoms with Gasteiger partial charge in [0.15, 0.2) is 5.82 Å². The Labute approximate surface area is 370 Å². The van der Waals surface area contributed by atoms with E-state index in [1.807, 2.05) is 48.5 Å². The van der Waals surface area contributed by atoms with E-state index in [2.05, 4.69) is 191 Å². The maximum Gasteiger partial charge on any atom is 0.160 e. The summed E-state index contributed by atoms with van der Waals surface area (Å²) >= 11 is 0. The van der Waals surface area contributed by atoms with Crippen molar-refractivity contribution in [3.05, 3.63) is 230 Å². The Kier molecular flexibility index (Phi) is 8.81. The summed E-state index contributed by atoms with van der Waals surface area (Å²) in [4.78, 5) is 10.4. The Morgan fingerprint density at radius 2 is 0.812 bits per heavy atom. The van der Waals surface area contributed by atoms with Gasteiger partial charge in [-0.05, 0) is 77.9 Å². The number of nitriles is 1. The van der Waals surface area contributed by atoms with Gasteiger partial charge in [-0.1, -0.05) is 158 Å². The largest absolute Gasteiger partial charge is 0.309 e. The molecule has 0 aliphatic heterocycles. The van der Waals surface area contributed by atoms with Crippen LogP contribution in [0.25, 0.3) is 111 Å². The molecule has 12 rings (SSSR count). The predicted molar refractivity (Wildman–Crippen MR) is 263 cm³/mol. The molecule has 5 nitrogen and oxygen atoms in total. The van der Waals surface area contributed by atoms with Crippen LogP contribution in [-0.2, 0) is 0 Å². The first-order valence-electron chi connectivity index (χ1n) is 21.5. The number of fused-ring (bicyclic) bond motifs is 6. The van der Waals surface area contributed by atoms with Crippen LogP contribution < -0.4 is 0 Å². The van der Waals surface area contributed by atoms with Gasteiger partial charge in [0, 0.05) is 49.4 Å². The molecule has 5 heteroatoms. The van der Waals surface area contributed by atoms with Crippen molar-refractivity contribution in [2.24, 2.45) is 0 Å². The summed E-state index contributed by atoms with van der Waals surface area (Å²) in [6.45, 7) is 0. The van der Waals surface area contributed by atoms with Gasteiger partial charge in [-0.3, -0.25) is 0 Å². The van der Waals surface area contributed by atoms with Crippen molar-refractivity contribution in [2.45, 2.75) is 0 Å². The van der Waals surface area contributed by atoms with Crippen molar-refractivity contribution >= 4 is 43.6 Å². The molecule has 0 spiro atoms. The lowest BCUT2D eigenvalue weighted by Gasteiger charge is -2.20. The van der Waals surface area contributed by atoms with Gasteiger partial charge < -0.3 is 9.13 Å². The van der Waals surface area contributed by atoms with Crippen LogP contribution in [0.1, 0.15) is 5.56 Å². The fourth-order valence-corrected chi connectivity index (χ4v) is 9.40. The van der Waals surface area contributed by atoms with Crippen LogP contribution in [-0.4, -0.2) is 19.1 Å². The van der Waals surface area contributed by atoms with E-state index in [-0.39, 0.29) is 0 Å². The van der Waals surface area contributed by atoms with Gasteiger partial charge in [0.05, 0.1) is 56.5 Å². The summed E-state index contributed by atoms with van der Waals surface area (Å²) in [6, 6.07) is 81.1. The molecule has 0 aliphatic carbocycles. The smallest absolute Gasteiger partial charge is 0.160 e. The molecule has 3 aromatic heterocycles. The number of para-hydroxylation sites is 4. The molecule has 0 atom stereocenters. The van der Waals surface area contributed by atoms with E-state index in [0.717, 1.165) is 94.5 Å². The Balaban J connectivity index is 1.14. The molecule has 0 unspecified atom stereocenters. The first kappa shape index (κ1) is 37.0. The maximum atomic E-state index is 9.48. The minimum absolute atomic E-state index is 0.646. The second kappa shape index (κ2) is 15.3.